The highest BCUT2D eigenvalue weighted by molar-refractivity contribution is 7.15. The second-order valence-electron chi connectivity index (χ2n) is 4.18. The van der Waals surface area contributed by atoms with E-state index in [1.807, 2.05) is 0 Å². The van der Waals surface area contributed by atoms with Crippen LogP contribution in [0.25, 0.3) is 0 Å². The van der Waals surface area contributed by atoms with Crippen LogP contribution < -0.4 is 4.90 Å². The molecule has 0 radical (unpaired) electrons. The van der Waals surface area contributed by atoms with E-state index in [0.29, 0.717) is 20.7 Å². The van der Waals surface area contributed by atoms with Gasteiger partial charge in [-0.3, -0.25) is 14.9 Å². The Morgan fingerprint density at radius 3 is 2.90 bits per heavy atom. The van der Waals surface area contributed by atoms with Crippen LogP contribution in [0.2, 0.25) is 4.47 Å². The van der Waals surface area contributed by atoms with Gasteiger partial charge in [0, 0.05) is 17.8 Å². The molecular weight excluding hydrogens is 304 g/mol. The van der Waals surface area contributed by atoms with E-state index in [2.05, 4.69) is 10.2 Å². The fourth-order valence-corrected chi connectivity index (χ4v) is 2.95. The lowest BCUT2D eigenvalue weighted by atomic mass is 10.1. The van der Waals surface area contributed by atoms with Gasteiger partial charge in [0.2, 0.25) is 10.4 Å². The molecule has 1 aromatic heterocycles. The van der Waals surface area contributed by atoms with Crippen molar-refractivity contribution in [3.8, 4) is 0 Å². The van der Waals surface area contributed by atoms with Crippen molar-refractivity contribution in [2.45, 2.75) is 13.0 Å². The Morgan fingerprint density at radius 2 is 2.25 bits per heavy atom. The lowest BCUT2D eigenvalue weighted by Gasteiger charge is -2.15. The first kappa shape index (κ1) is 12.9. The van der Waals surface area contributed by atoms with Crippen molar-refractivity contribution in [1.29, 1.82) is 0 Å². The normalized spacial score (nSPS) is 13.7. The number of hydrogen-bond acceptors (Lipinski definition) is 6. The second-order valence-corrected chi connectivity index (χ2v) is 5.82. The minimum atomic E-state index is -0.474. The van der Waals surface area contributed by atoms with Gasteiger partial charge in [0.1, 0.15) is 5.01 Å². The molecule has 0 saturated carbocycles. The molecule has 0 aliphatic carbocycles. The number of carbonyl (C=O) groups excluding carboxylic acids is 1. The summed E-state index contributed by atoms with van der Waals surface area (Å²) in [5.41, 5.74) is 1.31. The summed E-state index contributed by atoms with van der Waals surface area (Å²) in [6.07, 6.45) is 0.156. The molecule has 2 aromatic rings. The van der Waals surface area contributed by atoms with E-state index in [1.165, 1.54) is 28.4 Å². The Balaban J connectivity index is 1.92. The van der Waals surface area contributed by atoms with Crippen molar-refractivity contribution in [3.63, 3.8) is 0 Å². The van der Waals surface area contributed by atoms with Crippen LogP contribution in [0.3, 0.4) is 0 Å². The maximum Gasteiger partial charge on any atom is 0.269 e. The number of nitro benzene ring substituents is 1. The van der Waals surface area contributed by atoms with E-state index >= 15 is 0 Å². The molecule has 0 bridgehead atoms. The van der Waals surface area contributed by atoms with Gasteiger partial charge in [0.25, 0.3) is 5.69 Å². The van der Waals surface area contributed by atoms with Gasteiger partial charge in [0.05, 0.1) is 17.9 Å². The quantitative estimate of drug-likeness (QED) is 0.640. The third kappa shape index (κ3) is 2.23. The number of rotatable bonds is 3. The third-order valence-corrected chi connectivity index (χ3v) is 3.95. The molecule has 1 aliphatic rings. The number of amides is 1. The van der Waals surface area contributed by atoms with Crippen molar-refractivity contribution in [1.82, 2.24) is 10.2 Å². The van der Waals surface area contributed by atoms with Crippen molar-refractivity contribution < 1.29 is 9.72 Å². The number of nitro groups is 1. The number of non-ortho nitro benzene ring substituents is 1. The minimum Gasteiger partial charge on any atom is -0.305 e. The highest BCUT2D eigenvalue weighted by atomic mass is 35.5. The maximum atomic E-state index is 12.0. The number of aromatic nitrogens is 2. The molecule has 0 saturated heterocycles. The average molecular weight is 311 g/mol. The fourth-order valence-electron chi connectivity index (χ4n) is 2.09. The van der Waals surface area contributed by atoms with Crippen LogP contribution in [0.1, 0.15) is 10.6 Å². The van der Waals surface area contributed by atoms with Crippen molar-refractivity contribution >= 4 is 40.2 Å². The van der Waals surface area contributed by atoms with Crippen LogP contribution in [0.4, 0.5) is 11.4 Å². The van der Waals surface area contributed by atoms with E-state index in [9.17, 15) is 14.9 Å². The lowest BCUT2D eigenvalue weighted by molar-refractivity contribution is -0.384. The summed E-state index contributed by atoms with van der Waals surface area (Å²) in [5, 5.41) is 18.9. The van der Waals surface area contributed by atoms with Gasteiger partial charge in [0.15, 0.2) is 0 Å². The first-order valence-electron chi connectivity index (χ1n) is 5.60. The van der Waals surface area contributed by atoms with Crippen LogP contribution in [0, 0.1) is 10.1 Å². The monoisotopic (exact) mass is 310 g/mol. The number of anilines is 1. The van der Waals surface area contributed by atoms with Gasteiger partial charge in [-0.05, 0) is 23.2 Å². The van der Waals surface area contributed by atoms with Crippen LogP contribution in [-0.4, -0.2) is 21.0 Å². The standard InChI is InChI=1S/C11H7ClN4O3S/c12-11-14-13-9(20-11)5-15-8-2-1-7(16(18)19)3-6(8)4-10(15)17/h1-3H,4-5H2. The molecule has 0 N–H and O–H groups in total. The molecule has 0 spiro atoms. The molecule has 3 rings (SSSR count). The zero-order chi connectivity index (χ0) is 14.3. The molecule has 9 heteroatoms. The van der Waals surface area contributed by atoms with E-state index < -0.39 is 4.92 Å². The second kappa shape index (κ2) is 4.80. The summed E-state index contributed by atoms with van der Waals surface area (Å²) >= 11 is 6.91. The molecule has 1 aliphatic heterocycles. The minimum absolute atomic E-state index is 0.0163. The van der Waals surface area contributed by atoms with E-state index in [0.717, 1.165) is 0 Å². The summed E-state index contributed by atoms with van der Waals surface area (Å²) in [7, 11) is 0. The fraction of sp³-hybridized carbons (Fsp3) is 0.182. The summed E-state index contributed by atoms with van der Waals surface area (Å²) < 4.78 is 0.315. The first-order valence-corrected chi connectivity index (χ1v) is 6.79. The van der Waals surface area contributed by atoms with Gasteiger partial charge in [-0.2, -0.15) is 0 Å². The van der Waals surface area contributed by atoms with Crippen molar-refractivity contribution in [3.05, 3.63) is 43.4 Å². The maximum absolute atomic E-state index is 12.0. The summed E-state index contributed by atoms with van der Waals surface area (Å²) in [6, 6.07) is 4.40. The van der Waals surface area contributed by atoms with Crippen LogP contribution in [0.15, 0.2) is 18.2 Å². The van der Waals surface area contributed by atoms with Crippen LogP contribution >= 0.6 is 22.9 Å². The van der Waals surface area contributed by atoms with Crippen LogP contribution in [0.5, 0.6) is 0 Å². The molecule has 1 amide bonds. The molecule has 0 unspecified atom stereocenters. The molecular formula is C11H7ClN4O3S. The predicted molar refractivity (Wildman–Crippen MR) is 72.9 cm³/mol. The largest absolute Gasteiger partial charge is 0.305 e. The van der Waals surface area contributed by atoms with Gasteiger partial charge in [-0.15, -0.1) is 10.2 Å². The van der Waals surface area contributed by atoms with Gasteiger partial charge >= 0.3 is 0 Å². The Morgan fingerprint density at radius 1 is 1.45 bits per heavy atom. The highest BCUT2D eigenvalue weighted by Gasteiger charge is 2.29. The molecule has 0 atom stereocenters. The number of hydrogen-bond donors (Lipinski definition) is 0. The smallest absolute Gasteiger partial charge is 0.269 e. The molecule has 0 fully saturated rings. The van der Waals surface area contributed by atoms with E-state index in [4.69, 9.17) is 11.6 Å². The Labute approximate surface area is 122 Å². The summed E-state index contributed by atoms with van der Waals surface area (Å²) in [4.78, 5) is 23.8. The number of carbonyl (C=O) groups is 1. The zero-order valence-corrected chi connectivity index (χ0v) is 11.5. The highest BCUT2D eigenvalue weighted by Crippen LogP contribution is 2.33. The molecule has 20 heavy (non-hydrogen) atoms. The molecule has 1 aromatic carbocycles. The zero-order valence-electron chi connectivity index (χ0n) is 9.95. The number of benzene rings is 1. The summed E-state index contributed by atoms with van der Waals surface area (Å²) in [6.45, 7) is 0.272. The number of nitrogens with zero attached hydrogens (tertiary/aromatic N) is 4. The van der Waals surface area contributed by atoms with Crippen LogP contribution in [-0.2, 0) is 17.8 Å². The topological polar surface area (TPSA) is 89.2 Å². The Hall–Kier alpha value is -2.06. The lowest BCUT2D eigenvalue weighted by Crippen LogP contribution is -2.25. The SMILES string of the molecule is O=C1Cc2cc([N+](=O)[O-])ccc2N1Cc1nnc(Cl)s1. The molecule has 2 heterocycles. The Kier molecular flexibility index (Phi) is 3.11. The summed E-state index contributed by atoms with van der Waals surface area (Å²) in [5.74, 6) is -0.119. The number of fused-ring (bicyclic) bond motifs is 1. The van der Waals surface area contributed by atoms with Gasteiger partial charge < -0.3 is 4.90 Å². The first-order chi connectivity index (χ1) is 9.54. The van der Waals surface area contributed by atoms with Crippen molar-refractivity contribution in [2.24, 2.45) is 0 Å². The predicted octanol–water partition coefficient (Wildman–Crippen LogP) is 2.19. The van der Waals surface area contributed by atoms with Crippen molar-refractivity contribution in [2.75, 3.05) is 4.90 Å². The number of halogens is 1. The van der Waals surface area contributed by atoms with E-state index in [1.54, 1.807) is 6.07 Å². The third-order valence-electron chi connectivity index (χ3n) is 2.94. The van der Waals surface area contributed by atoms with Gasteiger partial charge in [-0.1, -0.05) is 11.3 Å². The van der Waals surface area contributed by atoms with E-state index in [-0.39, 0.29) is 24.6 Å². The van der Waals surface area contributed by atoms with Gasteiger partial charge in [-0.25, -0.2) is 0 Å². The molecule has 7 nitrogen and oxygen atoms in total. The molecule has 102 valence electrons. The average Bonchev–Trinajstić information content (AvgIpc) is 2.94. The Bertz CT molecular complexity index is 717.